The van der Waals surface area contributed by atoms with Crippen LogP contribution >= 0.6 is 0 Å². The van der Waals surface area contributed by atoms with E-state index in [9.17, 15) is 4.79 Å². The first kappa shape index (κ1) is 16.2. The number of rotatable bonds is 7. The molecule has 0 unspecified atom stereocenters. The minimum atomic E-state index is -0.0977. The van der Waals surface area contributed by atoms with Crippen LogP contribution in [-0.4, -0.2) is 30.6 Å². The van der Waals surface area contributed by atoms with Gasteiger partial charge in [-0.05, 0) is 32.4 Å². The van der Waals surface area contributed by atoms with Crippen molar-refractivity contribution in [2.24, 2.45) is 0 Å². The lowest BCUT2D eigenvalue weighted by Crippen LogP contribution is -2.25. The number of aryl methyl sites for hydroxylation is 1. The monoisotopic (exact) mass is 298 g/mol. The van der Waals surface area contributed by atoms with Crippen molar-refractivity contribution < 1.29 is 9.53 Å². The third kappa shape index (κ3) is 4.67. The van der Waals surface area contributed by atoms with Crippen LogP contribution < -0.4 is 5.32 Å². The Labute approximate surface area is 131 Å². The van der Waals surface area contributed by atoms with Crippen LogP contribution in [-0.2, 0) is 4.74 Å². The van der Waals surface area contributed by atoms with Crippen molar-refractivity contribution in [1.29, 1.82) is 0 Å². The van der Waals surface area contributed by atoms with Gasteiger partial charge in [-0.25, -0.2) is 0 Å². The van der Waals surface area contributed by atoms with Crippen LogP contribution in [0.5, 0.6) is 0 Å². The topological polar surface area (TPSA) is 51.2 Å². The molecule has 1 N–H and O–H groups in total. The summed E-state index contributed by atoms with van der Waals surface area (Å²) in [5.41, 5.74) is 3.71. The second kappa shape index (κ2) is 8.29. The highest BCUT2D eigenvalue weighted by Crippen LogP contribution is 2.17. The summed E-state index contributed by atoms with van der Waals surface area (Å²) in [6.45, 7) is 5.99. The van der Waals surface area contributed by atoms with Crippen LogP contribution in [0.3, 0.4) is 0 Å². The van der Waals surface area contributed by atoms with Crippen molar-refractivity contribution in [3.63, 3.8) is 0 Å². The molecule has 4 heteroatoms. The summed E-state index contributed by atoms with van der Waals surface area (Å²) in [4.78, 5) is 16.3. The SMILES string of the molecule is CCOCCCNC(=O)c1ccc(-c2ccc(C)cc2)nc1. The van der Waals surface area contributed by atoms with Crippen molar-refractivity contribution in [1.82, 2.24) is 10.3 Å². The molecule has 1 amide bonds. The average Bonchev–Trinajstić information content (AvgIpc) is 2.55. The van der Waals surface area contributed by atoms with E-state index in [0.29, 0.717) is 25.3 Å². The molecule has 1 aromatic heterocycles. The van der Waals surface area contributed by atoms with E-state index in [1.54, 1.807) is 12.3 Å². The Kier molecular flexibility index (Phi) is 6.10. The zero-order chi connectivity index (χ0) is 15.8. The first-order valence-electron chi connectivity index (χ1n) is 7.59. The van der Waals surface area contributed by atoms with E-state index in [-0.39, 0.29) is 5.91 Å². The number of nitrogens with zero attached hydrogens (tertiary/aromatic N) is 1. The molecule has 2 aromatic rings. The van der Waals surface area contributed by atoms with Crippen LogP contribution in [0.15, 0.2) is 42.6 Å². The molecule has 0 bridgehead atoms. The van der Waals surface area contributed by atoms with Gasteiger partial charge in [-0.2, -0.15) is 0 Å². The molecular weight excluding hydrogens is 276 g/mol. The maximum absolute atomic E-state index is 12.0. The fourth-order valence-corrected chi connectivity index (χ4v) is 2.05. The van der Waals surface area contributed by atoms with E-state index in [1.807, 2.05) is 25.1 Å². The minimum Gasteiger partial charge on any atom is -0.382 e. The van der Waals surface area contributed by atoms with Gasteiger partial charge >= 0.3 is 0 Å². The quantitative estimate of drug-likeness (QED) is 0.799. The van der Waals surface area contributed by atoms with E-state index in [4.69, 9.17) is 4.74 Å². The largest absolute Gasteiger partial charge is 0.382 e. The Morgan fingerprint density at radius 2 is 1.95 bits per heavy atom. The van der Waals surface area contributed by atoms with Gasteiger partial charge in [0.15, 0.2) is 0 Å². The first-order chi connectivity index (χ1) is 10.7. The molecule has 0 aliphatic carbocycles. The molecule has 116 valence electrons. The number of nitrogens with one attached hydrogen (secondary N) is 1. The minimum absolute atomic E-state index is 0.0977. The summed E-state index contributed by atoms with van der Waals surface area (Å²) >= 11 is 0. The van der Waals surface area contributed by atoms with E-state index >= 15 is 0 Å². The Hall–Kier alpha value is -2.20. The third-order valence-electron chi connectivity index (χ3n) is 3.33. The maximum Gasteiger partial charge on any atom is 0.252 e. The van der Waals surface area contributed by atoms with Crippen LogP contribution in [0.2, 0.25) is 0 Å². The second-order valence-electron chi connectivity index (χ2n) is 5.10. The lowest BCUT2D eigenvalue weighted by atomic mass is 10.1. The van der Waals surface area contributed by atoms with Gasteiger partial charge in [0.05, 0.1) is 11.3 Å². The van der Waals surface area contributed by atoms with Crippen LogP contribution in [0.1, 0.15) is 29.3 Å². The van der Waals surface area contributed by atoms with Gasteiger partial charge in [0.2, 0.25) is 0 Å². The number of hydrogen-bond acceptors (Lipinski definition) is 3. The molecule has 0 aliphatic heterocycles. The van der Waals surface area contributed by atoms with E-state index in [2.05, 4.69) is 29.4 Å². The molecule has 4 nitrogen and oxygen atoms in total. The van der Waals surface area contributed by atoms with E-state index in [1.165, 1.54) is 5.56 Å². The lowest BCUT2D eigenvalue weighted by molar-refractivity contribution is 0.0944. The highest BCUT2D eigenvalue weighted by molar-refractivity contribution is 5.94. The summed E-state index contributed by atoms with van der Waals surface area (Å²) < 4.78 is 5.23. The number of aromatic nitrogens is 1. The fraction of sp³-hybridized carbons (Fsp3) is 0.333. The highest BCUT2D eigenvalue weighted by Gasteiger charge is 2.06. The molecule has 0 fully saturated rings. The fourth-order valence-electron chi connectivity index (χ4n) is 2.05. The van der Waals surface area contributed by atoms with Gasteiger partial charge in [-0.3, -0.25) is 9.78 Å². The van der Waals surface area contributed by atoms with Crippen molar-refractivity contribution >= 4 is 5.91 Å². The second-order valence-corrected chi connectivity index (χ2v) is 5.10. The average molecular weight is 298 g/mol. The van der Waals surface area contributed by atoms with E-state index < -0.39 is 0 Å². The van der Waals surface area contributed by atoms with Crippen molar-refractivity contribution in [2.75, 3.05) is 19.8 Å². The molecule has 0 radical (unpaired) electrons. The predicted molar refractivity (Wildman–Crippen MR) is 87.9 cm³/mol. The molecule has 0 saturated heterocycles. The predicted octanol–water partition coefficient (Wildman–Crippen LogP) is 3.21. The molecular formula is C18H22N2O2. The normalized spacial score (nSPS) is 10.5. The van der Waals surface area contributed by atoms with Gasteiger partial charge in [-0.1, -0.05) is 29.8 Å². The van der Waals surface area contributed by atoms with Crippen LogP contribution in [0.25, 0.3) is 11.3 Å². The summed E-state index contributed by atoms with van der Waals surface area (Å²) in [5, 5.41) is 2.87. The van der Waals surface area contributed by atoms with Crippen LogP contribution in [0.4, 0.5) is 0 Å². The highest BCUT2D eigenvalue weighted by atomic mass is 16.5. The molecule has 1 aromatic carbocycles. The molecule has 0 aliphatic rings. The molecule has 0 spiro atoms. The van der Waals surface area contributed by atoms with Crippen LogP contribution in [0, 0.1) is 6.92 Å². The first-order valence-corrected chi connectivity index (χ1v) is 7.59. The third-order valence-corrected chi connectivity index (χ3v) is 3.33. The Balaban J connectivity index is 1.91. The van der Waals surface area contributed by atoms with Gasteiger partial charge in [0, 0.05) is 31.5 Å². The van der Waals surface area contributed by atoms with Gasteiger partial charge < -0.3 is 10.1 Å². The molecule has 1 heterocycles. The number of amides is 1. The standard InChI is InChI=1S/C18H22N2O2/c1-3-22-12-4-11-19-18(21)16-9-10-17(20-13-16)15-7-5-14(2)6-8-15/h5-10,13H,3-4,11-12H2,1-2H3,(H,19,21). The summed E-state index contributed by atoms with van der Waals surface area (Å²) in [7, 11) is 0. The van der Waals surface area contributed by atoms with Crippen molar-refractivity contribution in [2.45, 2.75) is 20.3 Å². The van der Waals surface area contributed by atoms with Crippen molar-refractivity contribution in [3.05, 3.63) is 53.7 Å². The summed E-state index contributed by atoms with van der Waals surface area (Å²) in [5.74, 6) is -0.0977. The number of carbonyl (C=O) groups excluding carboxylic acids is 1. The van der Waals surface area contributed by atoms with Crippen molar-refractivity contribution in [3.8, 4) is 11.3 Å². The lowest BCUT2D eigenvalue weighted by Gasteiger charge is -2.06. The Morgan fingerprint density at radius 1 is 1.18 bits per heavy atom. The molecule has 2 rings (SSSR count). The number of ether oxygens (including phenoxy) is 1. The molecule has 22 heavy (non-hydrogen) atoms. The molecule has 0 atom stereocenters. The van der Waals surface area contributed by atoms with Gasteiger partial charge in [0.1, 0.15) is 0 Å². The number of carbonyl (C=O) groups is 1. The summed E-state index contributed by atoms with van der Waals surface area (Å²) in [6.07, 6.45) is 2.43. The Bertz CT molecular complexity index is 591. The number of pyridine rings is 1. The number of benzene rings is 1. The number of hydrogen-bond donors (Lipinski definition) is 1. The maximum atomic E-state index is 12.0. The van der Waals surface area contributed by atoms with Gasteiger partial charge in [0.25, 0.3) is 5.91 Å². The molecule has 0 saturated carbocycles. The summed E-state index contributed by atoms with van der Waals surface area (Å²) in [6, 6.07) is 11.8. The van der Waals surface area contributed by atoms with Gasteiger partial charge in [-0.15, -0.1) is 0 Å². The zero-order valence-electron chi connectivity index (χ0n) is 13.1. The smallest absolute Gasteiger partial charge is 0.252 e. The van der Waals surface area contributed by atoms with E-state index in [0.717, 1.165) is 17.7 Å². The Morgan fingerprint density at radius 3 is 2.59 bits per heavy atom. The zero-order valence-corrected chi connectivity index (χ0v) is 13.1.